The third-order valence-corrected chi connectivity index (χ3v) is 6.45. The minimum atomic E-state index is -4.31. The fourth-order valence-electron chi connectivity index (χ4n) is 4.87. The molecule has 2 aliphatic carbocycles. The first-order valence-electron chi connectivity index (χ1n) is 10.9. The molecule has 168 valence electrons. The Hall–Kier alpha value is -2.48. The van der Waals surface area contributed by atoms with Crippen molar-refractivity contribution in [3.8, 4) is 0 Å². The predicted octanol–water partition coefficient (Wildman–Crippen LogP) is 2.91. The maximum atomic E-state index is 13.4. The number of halogens is 3. The Labute approximate surface area is 180 Å². The van der Waals surface area contributed by atoms with Crippen LogP contribution in [0.1, 0.15) is 25.7 Å². The highest BCUT2D eigenvalue weighted by atomic mass is 19.4. The van der Waals surface area contributed by atoms with Gasteiger partial charge in [-0.25, -0.2) is 0 Å². The molecule has 31 heavy (non-hydrogen) atoms. The van der Waals surface area contributed by atoms with Crippen LogP contribution in [0.3, 0.4) is 0 Å². The number of allylic oxidation sites excluding steroid dienone is 5. The van der Waals surface area contributed by atoms with Gasteiger partial charge in [0.2, 0.25) is 0 Å². The Morgan fingerprint density at radius 1 is 1.23 bits per heavy atom. The van der Waals surface area contributed by atoms with Crippen molar-refractivity contribution in [2.75, 3.05) is 26.2 Å². The van der Waals surface area contributed by atoms with Gasteiger partial charge in [0.1, 0.15) is 0 Å². The minimum absolute atomic E-state index is 0.0495. The lowest BCUT2D eigenvalue weighted by molar-refractivity contribution is -0.128. The Morgan fingerprint density at radius 2 is 2.00 bits per heavy atom. The molecule has 2 unspecified atom stereocenters. The van der Waals surface area contributed by atoms with E-state index in [1.165, 1.54) is 6.08 Å². The summed E-state index contributed by atoms with van der Waals surface area (Å²) < 4.78 is 40.2. The van der Waals surface area contributed by atoms with E-state index in [0.29, 0.717) is 63.1 Å². The van der Waals surface area contributed by atoms with E-state index in [9.17, 15) is 18.0 Å². The number of fused-ring (bicyclic) bond motifs is 1. The first kappa shape index (κ1) is 21.7. The Kier molecular flexibility index (Phi) is 6.27. The van der Waals surface area contributed by atoms with Gasteiger partial charge in [-0.15, -0.1) is 0 Å². The Bertz CT molecular complexity index is 861. The highest BCUT2D eigenvalue weighted by molar-refractivity contribution is 5.93. The van der Waals surface area contributed by atoms with Gasteiger partial charge in [0.15, 0.2) is 0 Å². The molecule has 1 saturated heterocycles. The van der Waals surface area contributed by atoms with E-state index in [4.69, 9.17) is 5.73 Å². The summed E-state index contributed by atoms with van der Waals surface area (Å²) in [5.74, 6) is -0.0873. The molecule has 0 bridgehead atoms. The molecule has 4 N–H and O–H groups in total. The van der Waals surface area contributed by atoms with E-state index in [2.05, 4.69) is 16.7 Å². The molecule has 2 atom stereocenters. The summed E-state index contributed by atoms with van der Waals surface area (Å²) in [5, 5.41) is 6.54. The van der Waals surface area contributed by atoms with E-state index in [0.717, 1.165) is 5.70 Å². The number of rotatable bonds is 5. The monoisotopic (exact) mass is 434 g/mol. The highest BCUT2D eigenvalue weighted by Crippen LogP contribution is 2.40. The van der Waals surface area contributed by atoms with Crippen molar-refractivity contribution in [2.24, 2.45) is 17.6 Å². The zero-order valence-corrected chi connectivity index (χ0v) is 17.4. The van der Waals surface area contributed by atoms with Crippen molar-refractivity contribution in [2.45, 2.75) is 37.9 Å². The van der Waals surface area contributed by atoms with Crippen LogP contribution in [0, 0.1) is 11.8 Å². The smallest absolute Gasteiger partial charge is 0.384 e. The molecule has 8 heteroatoms. The van der Waals surface area contributed by atoms with E-state index >= 15 is 0 Å². The van der Waals surface area contributed by atoms with E-state index in [1.54, 1.807) is 11.0 Å². The summed E-state index contributed by atoms with van der Waals surface area (Å²) in [6.45, 7) is 2.19. The van der Waals surface area contributed by atoms with E-state index in [1.807, 2.05) is 18.2 Å². The second kappa shape index (κ2) is 8.94. The average molecular weight is 435 g/mol. The number of carbonyl (C=O) groups excluding carboxylic acids is 1. The molecule has 2 aliphatic heterocycles. The van der Waals surface area contributed by atoms with Crippen molar-refractivity contribution < 1.29 is 18.0 Å². The van der Waals surface area contributed by atoms with Crippen LogP contribution in [-0.4, -0.2) is 49.2 Å². The van der Waals surface area contributed by atoms with Crippen LogP contribution in [-0.2, 0) is 4.79 Å². The molecule has 0 aromatic rings. The van der Waals surface area contributed by atoms with Gasteiger partial charge in [0.05, 0.1) is 17.3 Å². The zero-order chi connectivity index (χ0) is 22.0. The van der Waals surface area contributed by atoms with Gasteiger partial charge in [-0.3, -0.25) is 4.79 Å². The Balaban J connectivity index is 1.38. The van der Waals surface area contributed by atoms with Crippen molar-refractivity contribution in [1.82, 2.24) is 15.5 Å². The van der Waals surface area contributed by atoms with Gasteiger partial charge in [0, 0.05) is 37.8 Å². The van der Waals surface area contributed by atoms with Crippen LogP contribution < -0.4 is 16.4 Å². The van der Waals surface area contributed by atoms with Crippen LogP contribution in [0.2, 0.25) is 0 Å². The number of nitrogens with zero attached hydrogens (tertiary/aromatic N) is 1. The van der Waals surface area contributed by atoms with Crippen molar-refractivity contribution >= 4 is 5.91 Å². The maximum Gasteiger partial charge on any atom is 0.416 e. The summed E-state index contributed by atoms with van der Waals surface area (Å²) in [7, 11) is 0. The molecule has 0 spiro atoms. The van der Waals surface area contributed by atoms with Gasteiger partial charge in [-0.05, 0) is 43.8 Å². The Morgan fingerprint density at radius 3 is 2.71 bits per heavy atom. The molecule has 0 saturated carbocycles. The third kappa shape index (κ3) is 4.74. The quantitative estimate of drug-likeness (QED) is 0.622. The third-order valence-electron chi connectivity index (χ3n) is 6.45. The van der Waals surface area contributed by atoms with E-state index in [-0.39, 0.29) is 23.8 Å². The van der Waals surface area contributed by atoms with Crippen LogP contribution in [0.4, 0.5) is 13.2 Å². The lowest BCUT2D eigenvalue weighted by Crippen LogP contribution is -2.42. The summed E-state index contributed by atoms with van der Waals surface area (Å²) in [5.41, 5.74) is 7.13. The first-order chi connectivity index (χ1) is 14.9. The average Bonchev–Trinajstić information content (AvgIpc) is 3.20. The number of hydrogen-bond donors (Lipinski definition) is 3. The largest absolute Gasteiger partial charge is 0.416 e. The first-order valence-corrected chi connectivity index (χ1v) is 10.9. The molecular formula is C23H29F3N4O. The van der Waals surface area contributed by atoms with Gasteiger partial charge < -0.3 is 21.3 Å². The standard InChI is InChI=1S/C23H29F3N4O/c24-23(25,26)19-4-2-1-3-18(19)15-7-11-30(12-8-15)22(31)21-14-16-13-17(28-10-9-27)5-6-20(16)29-21/h2,4-6,13-16,20,28-29H,1,3,7-12,27H2. The SMILES string of the molecule is NCCNC1=CC2C=C(C(=O)N3CCC(C4=C(C(F)(F)F)C=CCC4)CC3)NC2C=C1. The molecule has 5 nitrogen and oxygen atoms in total. The highest BCUT2D eigenvalue weighted by Gasteiger charge is 2.38. The van der Waals surface area contributed by atoms with Crippen LogP contribution >= 0.6 is 0 Å². The van der Waals surface area contributed by atoms with Crippen molar-refractivity contribution in [3.63, 3.8) is 0 Å². The fourth-order valence-corrected chi connectivity index (χ4v) is 4.87. The predicted molar refractivity (Wildman–Crippen MR) is 114 cm³/mol. The number of nitrogens with two attached hydrogens (primary N) is 1. The number of hydrogen-bond acceptors (Lipinski definition) is 4. The number of alkyl halides is 3. The van der Waals surface area contributed by atoms with Crippen LogP contribution in [0.15, 0.2) is 59.0 Å². The normalized spacial score (nSPS) is 26.4. The van der Waals surface area contributed by atoms with E-state index < -0.39 is 11.7 Å². The summed E-state index contributed by atoms with van der Waals surface area (Å²) in [4.78, 5) is 14.8. The van der Waals surface area contributed by atoms with Gasteiger partial charge in [-0.1, -0.05) is 29.9 Å². The molecule has 4 aliphatic rings. The summed E-state index contributed by atoms with van der Waals surface area (Å²) in [6, 6.07) is 0.0495. The molecule has 0 aromatic carbocycles. The number of carbonyl (C=O) groups is 1. The molecule has 0 radical (unpaired) electrons. The van der Waals surface area contributed by atoms with Gasteiger partial charge >= 0.3 is 6.18 Å². The minimum Gasteiger partial charge on any atom is -0.384 e. The molecule has 4 rings (SSSR count). The lowest BCUT2D eigenvalue weighted by Gasteiger charge is -2.35. The van der Waals surface area contributed by atoms with Gasteiger partial charge in [-0.2, -0.15) is 13.2 Å². The second-order valence-electron chi connectivity index (χ2n) is 8.47. The number of amides is 1. The molecule has 0 aromatic heterocycles. The lowest BCUT2D eigenvalue weighted by atomic mass is 9.81. The number of nitrogens with one attached hydrogen (secondary N) is 2. The van der Waals surface area contributed by atoms with Gasteiger partial charge in [0.25, 0.3) is 5.91 Å². The summed E-state index contributed by atoms with van der Waals surface area (Å²) in [6.07, 6.45) is 8.82. The maximum absolute atomic E-state index is 13.4. The molecule has 2 heterocycles. The molecule has 1 amide bonds. The fraction of sp³-hybridized carbons (Fsp3) is 0.522. The van der Waals surface area contributed by atoms with Crippen LogP contribution in [0.5, 0.6) is 0 Å². The number of piperidine rings is 1. The zero-order valence-electron chi connectivity index (χ0n) is 17.4. The van der Waals surface area contributed by atoms with Crippen molar-refractivity contribution in [3.05, 3.63) is 59.0 Å². The molecule has 1 fully saturated rings. The summed E-state index contributed by atoms with van der Waals surface area (Å²) >= 11 is 0. The number of likely N-dealkylation sites (tertiary alicyclic amines) is 1. The second-order valence-corrected chi connectivity index (χ2v) is 8.47. The van der Waals surface area contributed by atoms with Crippen molar-refractivity contribution in [1.29, 1.82) is 0 Å². The van der Waals surface area contributed by atoms with Crippen LogP contribution in [0.25, 0.3) is 0 Å². The topological polar surface area (TPSA) is 70.4 Å². The molecular weight excluding hydrogens is 405 g/mol.